The Morgan fingerprint density at radius 2 is 1.83 bits per heavy atom. The third kappa shape index (κ3) is 2.92. The van der Waals surface area contributed by atoms with Crippen LogP contribution < -0.4 is 4.90 Å². The molecule has 1 amide bonds. The Hall–Kier alpha value is -2.40. The monoisotopic (exact) mass is 326 g/mol. The molecule has 0 bridgehead atoms. The van der Waals surface area contributed by atoms with Crippen LogP contribution in [0.4, 0.5) is 10.1 Å². The first kappa shape index (κ1) is 15.5. The van der Waals surface area contributed by atoms with Crippen LogP contribution in [0.15, 0.2) is 47.4 Å². The normalized spacial score (nSPS) is 16.5. The first-order valence-corrected chi connectivity index (χ1v) is 7.93. The van der Waals surface area contributed by atoms with Gasteiger partial charge < -0.3 is 0 Å². The molecular formula is C18H15FN2OS. The zero-order valence-corrected chi connectivity index (χ0v) is 13.6. The fraction of sp³-hybridized carbons (Fsp3) is 0.111. The van der Waals surface area contributed by atoms with Crippen LogP contribution in [0.25, 0.3) is 6.08 Å². The molecule has 0 spiro atoms. The SMILES string of the molecule is Cc1cccc(N2C(=N)S/C(=C\c3ccc(F)cc3)C2=O)c1C. The highest BCUT2D eigenvalue weighted by atomic mass is 32.2. The Balaban J connectivity index is 1.97. The van der Waals surface area contributed by atoms with Crippen LogP contribution in [-0.4, -0.2) is 11.1 Å². The van der Waals surface area contributed by atoms with Crippen LogP contribution in [0.5, 0.6) is 0 Å². The van der Waals surface area contributed by atoms with Crippen LogP contribution >= 0.6 is 11.8 Å². The van der Waals surface area contributed by atoms with Gasteiger partial charge in [0.2, 0.25) is 0 Å². The van der Waals surface area contributed by atoms with E-state index >= 15 is 0 Å². The number of benzene rings is 2. The minimum Gasteiger partial charge on any atom is -0.278 e. The summed E-state index contributed by atoms with van der Waals surface area (Å²) in [5.41, 5.74) is 3.52. The van der Waals surface area contributed by atoms with Crippen LogP contribution in [0, 0.1) is 25.1 Å². The van der Waals surface area contributed by atoms with Gasteiger partial charge in [0.05, 0.1) is 10.6 Å². The molecule has 1 fully saturated rings. The lowest BCUT2D eigenvalue weighted by Crippen LogP contribution is -2.29. The molecule has 1 N–H and O–H groups in total. The Morgan fingerprint density at radius 3 is 2.52 bits per heavy atom. The molecule has 2 aromatic carbocycles. The van der Waals surface area contributed by atoms with Crippen LogP contribution in [0.1, 0.15) is 16.7 Å². The summed E-state index contributed by atoms with van der Waals surface area (Å²) in [5, 5.41) is 8.32. The summed E-state index contributed by atoms with van der Waals surface area (Å²) in [4.78, 5) is 14.6. The third-order valence-electron chi connectivity index (χ3n) is 3.81. The predicted octanol–water partition coefficient (Wildman–Crippen LogP) is 4.50. The van der Waals surface area contributed by atoms with E-state index in [1.54, 1.807) is 18.2 Å². The van der Waals surface area contributed by atoms with Gasteiger partial charge in [-0.1, -0.05) is 24.3 Å². The van der Waals surface area contributed by atoms with E-state index in [2.05, 4.69) is 0 Å². The van der Waals surface area contributed by atoms with Crippen molar-refractivity contribution in [3.05, 3.63) is 69.9 Å². The molecule has 3 nitrogen and oxygen atoms in total. The van der Waals surface area contributed by atoms with Gasteiger partial charge in [-0.15, -0.1) is 0 Å². The van der Waals surface area contributed by atoms with Crippen molar-refractivity contribution in [1.82, 2.24) is 0 Å². The molecule has 0 unspecified atom stereocenters. The highest BCUT2D eigenvalue weighted by molar-refractivity contribution is 8.19. The number of amidine groups is 1. The van der Waals surface area contributed by atoms with E-state index < -0.39 is 0 Å². The first-order chi connectivity index (χ1) is 11.0. The Morgan fingerprint density at radius 1 is 1.13 bits per heavy atom. The molecule has 0 aromatic heterocycles. The van der Waals surface area contributed by atoms with Crippen LogP contribution in [0.2, 0.25) is 0 Å². The molecule has 1 aliphatic rings. The van der Waals surface area contributed by atoms with Gasteiger partial charge in [-0.05, 0) is 66.6 Å². The highest BCUT2D eigenvalue weighted by Gasteiger charge is 2.34. The quantitative estimate of drug-likeness (QED) is 0.826. The van der Waals surface area contributed by atoms with Gasteiger partial charge in [-0.3, -0.25) is 15.1 Å². The third-order valence-corrected chi connectivity index (χ3v) is 4.70. The van der Waals surface area contributed by atoms with Crippen LogP contribution in [-0.2, 0) is 4.79 Å². The minimum atomic E-state index is -0.317. The molecule has 0 radical (unpaired) electrons. The highest BCUT2D eigenvalue weighted by Crippen LogP contribution is 2.37. The second-order valence-electron chi connectivity index (χ2n) is 5.33. The smallest absolute Gasteiger partial charge is 0.271 e. The van der Waals surface area contributed by atoms with E-state index in [1.165, 1.54) is 17.0 Å². The Kier molecular flexibility index (Phi) is 4.05. The summed E-state index contributed by atoms with van der Waals surface area (Å²) in [7, 11) is 0. The van der Waals surface area contributed by atoms with Crippen molar-refractivity contribution in [3.8, 4) is 0 Å². The molecule has 1 saturated heterocycles. The summed E-state index contributed by atoms with van der Waals surface area (Å²) >= 11 is 1.12. The number of thioether (sulfide) groups is 1. The lowest BCUT2D eigenvalue weighted by Gasteiger charge is -2.18. The number of nitrogens with zero attached hydrogens (tertiary/aromatic N) is 1. The fourth-order valence-corrected chi connectivity index (χ4v) is 3.25. The summed E-state index contributed by atoms with van der Waals surface area (Å²) in [6, 6.07) is 11.6. The average Bonchev–Trinajstić information content (AvgIpc) is 2.79. The zero-order chi connectivity index (χ0) is 16.6. The van der Waals surface area contributed by atoms with Crippen molar-refractivity contribution in [3.63, 3.8) is 0 Å². The Labute approximate surface area is 138 Å². The summed E-state index contributed by atoms with van der Waals surface area (Å²) in [6.07, 6.45) is 1.69. The van der Waals surface area contributed by atoms with Crippen molar-refractivity contribution >= 4 is 34.6 Å². The number of carbonyl (C=O) groups is 1. The maximum atomic E-state index is 13.0. The second kappa shape index (κ2) is 6.01. The molecule has 23 heavy (non-hydrogen) atoms. The lowest BCUT2D eigenvalue weighted by atomic mass is 10.1. The summed E-state index contributed by atoms with van der Waals surface area (Å²) < 4.78 is 13.0. The standard InChI is InChI=1S/C18H15FN2OS/c1-11-4-3-5-15(12(11)2)21-17(22)16(23-18(21)20)10-13-6-8-14(19)9-7-13/h3-10,20H,1-2H3/b16-10-,20-18?. The van der Waals surface area contributed by atoms with Gasteiger partial charge >= 0.3 is 0 Å². The van der Waals surface area contributed by atoms with E-state index in [9.17, 15) is 9.18 Å². The zero-order valence-electron chi connectivity index (χ0n) is 12.8. The molecule has 0 atom stereocenters. The van der Waals surface area contributed by atoms with Crippen molar-refractivity contribution in [2.75, 3.05) is 4.90 Å². The molecule has 5 heteroatoms. The van der Waals surface area contributed by atoms with E-state index in [4.69, 9.17) is 5.41 Å². The summed E-state index contributed by atoms with van der Waals surface area (Å²) in [5.74, 6) is -0.541. The van der Waals surface area contributed by atoms with Gasteiger partial charge in [-0.2, -0.15) is 0 Å². The van der Waals surface area contributed by atoms with Crippen molar-refractivity contribution in [2.45, 2.75) is 13.8 Å². The average molecular weight is 326 g/mol. The predicted molar refractivity (Wildman–Crippen MR) is 93.1 cm³/mol. The topological polar surface area (TPSA) is 44.2 Å². The van der Waals surface area contributed by atoms with Gasteiger partial charge in [0.15, 0.2) is 5.17 Å². The summed E-state index contributed by atoms with van der Waals surface area (Å²) in [6.45, 7) is 3.92. The van der Waals surface area contributed by atoms with Gasteiger partial charge in [0.25, 0.3) is 5.91 Å². The number of hydrogen-bond donors (Lipinski definition) is 1. The van der Waals surface area contributed by atoms with E-state index in [1.807, 2.05) is 32.0 Å². The molecule has 116 valence electrons. The first-order valence-electron chi connectivity index (χ1n) is 7.11. The number of amides is 1. The largest absolute Gasteiger partial charge is 0.278 e. The molecule has 0 saturated carbocycles. The number of halogens is 1. The molecule has 1 heterocycles. The maximum absolute atomic E-state index is 13.0. The van der Waals surface area contributed by atoms with Gasteiger partial charge in [0.1, 0.15) is 5.82 Å². The second-order valence-corrected chi connectivity index (χ2v) is 6.36. The number of anilines is 1. The van der Waals surface area contributed by atoms with E-state index in [0.29, 0.717) is 4.91 Å². The Bertz CT molecular complexity index is 827. The van der Waals surface area contributed by atoms with E-state index in [0.717, 1.165) is 34.1 Å². The minimum absolute atomic E-state index is 0.178. The number of hydrogen-bond acceptors (Lipinski definition) is 3. The molecule has 3 rings (SSSR count). The molecular weight excluding hydrogens is 311 g/mol. The van der Waals surface area contributed by atoms with Gasteiger partial charge in [-0.25, -0.2) is 4.39 Å². The molecule has 2 aromatic rings. The van der Waals surface area contributed by atoms with Gasteiger partial charge in [0, 0.05) is 0 Å². The maximum Gasteiger partial charge on any atom is 0.271 e. The van der Waals surface area contributed by atoms with Crippen molar-refractivity contribution in [2.24, 2.45) is 0 Å². The molecule has 0 aliphatic carbocycles. The number of rotatable bonds is 2. The van der Waals surface area contributed by atoms with Crippen molar-refractivity contribution in [1.29, 1.82) is 5.41 Å². The lowest BCUT2D eigenvalue weighted by molar-refractivity contribution is -0.113. The molecule has 1 aliphatic heterocycles. The van der Waals surface area contributed by atoms with Crippen LogP contribution in [0.3, 0.4) is 0 Å². The van der Waals surface area contributed by atoms with E-state index in [-0.39, 0.29) is 16.9 Å². The fourth-order valence-electron chi connectivity index (χ4n) is 2.39. The number of nitrogens with one attached hydrogen (secondary N) is 1. The number of aryl methyl sites for hydroxylation is 1. The van der Waals surface area contributed by atoms with Crippen molar-refractivity contribution < 1.29 is 9.18 Å². The number of carbonyl (C=O) groups excluding carboxylic acids is 1.